The zero-order valence-corrected chi connectivity index (χ0v) is 23.5. The third-order valence-corrected chi connectivity index (χ3v) is 8.64. The molecule has 2 aromatic heterocycles. The molecule has 16 heteroatoms. The molecule has 0 aliphatic rings. The smallest absolute Gasteiger partial charge is 0.433 e. The molecular formula is C26H21N7O7S2. The van der Waals surface area contributed by atoms with Gasteiger partial charge in [0.1, 0.15) is 10.7 Å². The topological polar surface area (TPSA) is 196 Å². The number of rotatable bonds is 12. The molecule has 0 atom stereocenters. The maximum atomic E-state index is 13.6. The molecule has 0 N–H and O–H groups in total. The molecule has 0 bridgehead atoms. The maximum Gasteiger partial charge on any atom is 0.433 e. The van der Waals surface area contributed by atoms with Crippen molar-refractivity contribution >= 4 is 54.7 Å². The number of sulfonamides is 1. The summed E-state index contributed by atoms with van der Waals surface area (Å²) in [6.07, 6.45) is 1.01. The van der Waals surface area contributed by atoms with Crippen molar-refractivity contribution in [1.82, 2.24) is 9.29 Å². The Morgan fingerprint density at radius 1 is 1.14 bits per heavy atom. The fourth-order valence-corrected chi connectivity index (χ4v) is 6.06. The number of thiazole rings is 1. The summed E-state index contributed by atoms with van der Waals surface area (Å²) in [5.74, 6) is -0.583. The fraction of sp³-hybridized carbons (Fsp3) is 0.192. The number of methoxy groups -OCH3 is 1. The van der Waals surface area contributed by atoms with E-state index in [9.17, 15) is 23.3 Å². The summed E-state index contributed by atoms with van der Waals surface area (Å²) in [5, 5.41) is 34.1. The predicted octanol–water partition coefficient (Wildman–Crippen LogP) is 4.31. The Balaban J connectivity index is 1.68. The highest BCUT2D eigenvalue weighted by Crippen LogP contribution is 2.32. The average Bonchev–Trinajstić information content (AvgIpc) is 3.64. The first-order valence-corrected chi connectivity index (χ1v) is 14.3. The van der Waals surface area contributed by atoms with Gasteiger partial charge in [0.25, 0.3) is 5.91 Å². The van der Waals surface area contributed by atoms with E-state index in [2.05, 4.69) is 10.1 Å². The van der Waals surface area contributed by atoms with Crippen molar-refractivity contribution in [2.45, 2.75) is 17.7 Å². The number of hydrazone groups is 1. The standard InChI is InChI=1S/C26H21N7O7S2/c1-39-19-6-10-22-23(16-19)41-26(30-22)32(29-17-20-7-11-24(40-20)33(35)36)25(34)18-4-8-21(9-5-18)42(37,38)31(14-2-12-27)15-3-13-28/h4-11,16-17H,2-3,14-15H2,1H3/b29-17+. The molecule has 42 heavy (non-hydrogen) atoms. The second-order valence-corrected chi connectivity index (χ2v) is 11.3. The van der Waals surface area contributed by atoms with E-state index < -0.39 is 26.7 Å². The van der Waals surface area contributed by atoms with Crippen LogP contribution in [-0.4, -0.2) is 55.0 Å². The molecular weight excluding hydrogens is 586 g/mol. The minimum Gasteiger partial charge on any atom is -0.497 e. The van der Waals surface area contributed by atoms with E-state index in [-0.39, 0.29) is 47.3 Å². The summed E-state index contributed by atoms with van der Waals surface area (Å²) < 4.78 is 38.4. The van der Waals surface area contributed by atoms with E-state index in [1.165, 1.54) is 37.4 Å². The Labute approximate surface area is 243 Å². The normalized spacial score (nSPS) is 11.4. The van der Waals surface area contributed by atoms with E-state index in [0.29, 0.717) is 16.0 Å². The number of hydrogen-bond donors (Lipinski definition) is 0. The Hall–Kier alpha value is -5.16. The van der Waals surface area contributed by atoms with Crippen molar-refractivity contribution in [3.63, 3.8) is 0 Å². The number of aromatic nitrogens is 1. The van der Waals surface area contributed by atoms with Gasteiger partial charge in [0.05, 0.1) is 46.6 Å². The third-order valence-electron chi connectivity index (χ3n) is 5.74. The molecule has 2 aromatic carbocycles. The fourth-order valence-electron chi connectivity index (χ4n) is 3.67. The van der Waals surface area contributed by atoms with Crippen molar-refractivity contribution in [2.75, 3.05) is 25.2 Å². The highest BCUT2D eigenvalue weighted by atomic mass is 32.2. The Morgan fingerprint density at radius 3 is 2.43 bits per heavy atom. The van der Waals surface area contributed by atoms with Gasteiger partial charge in [0.15, 0.2) is 5.76 Å². The SMILES string of the molecule is COc1ccc2nc(N(/N=C/c3ccc([N+](=O)[O-])o3)C(=O)c3ccc(S(=O)(=O)N(CCC#N)CCC#N)cc3)sc2c1. The van der Waals surface area contributed by atoms with Crippen molar-refractivity contribution in [1.29, 1.82) is 10.5 Å². The Kier molecular flexibility index (Phi) is 9.23. The first-order valence-electron chi connectivity index (χ1n) is 12.1. The van der Waals surface area contributed by atoms with E-state index in [1.807, 2.05) is 12.1 Å². The first kappa shape index (κ1) is 29.8. The van der Waals surface area contributed by atoms with Gasteiger partial charge in [-0.3, -0.25) is 14.9 Å². The van der Waals surface area contributed by atoms with Crippen molar-refractivity contribution in [3.8, 4) is 17.9 Å². The van der Waals surface area contributed by atoms with Crippen molar-refractivity contribution in [3.05, 3.63) is 76.0 Å². The molecule has 0 saturated carbocycles. The lowest BCUT2D eigenvalue weighted by Crippen LogP contribution is -2.33. The summed E-state index contributed by atoms with van der Waals surface area (Å²) in [5.41, 5.74) is 0.627. The number of amides is 1. The molecule has 14 nitrogen and oxygen atoms in total. The summed E-state index contributed by atoms with van der Waals surface area (Å²) in [4.78, 5) is 28.3. The average molecular weight is 608 g/mol. The summed E-state index contributed by atoms with van der Waals surface area (Å²) in [6, 6.07) is 16.5. The van der Waals surface area contributed by atoms with E-state index in [4.69, 9.17) is 19.7 Å². The highest BCUT2D eigenvalue weighted by Gasteiger charge is 2.26. The molecule has 4 rings (SSSR count). The molecule has 0 aliphatic carbocycles. The molecule has 0 fully saturated rings. The van der Waals surface area contributed by atoms with Crippen LogP contribution in [-0.2, 0) is 10.0 Å². The molecule has 0 saturated heterocycles. The van der Waals surface area contributed by atoms with Crippen LogP contribution in [0, 0.1) is 32.8 Å². The molecule has 4 aromatic rings. The largest absolute Gasteiger partial charge is 0.497 e. The van der Waals surface area contributed by atoms with Crippen LogP contribution in [0.5, 0.6) is 5.75 Å². The van der Waals surface area contributed by atoms with Crippen LogP contribution >= 0.6 is 11.3 Å². The second kappa shape index (κ2) is 13.0. The Morgan fingerprint density at radius 2 is 1.83 bits per heavy atom. The summed E-state index contributed by atoms with van der Waals surface area (Å²) in [6.45, 7) is -0.173. The number of nitrogens with zero attached hydrogens (tertiary/aromatic N) is 7. The molecule has 0 unspecified atom stereocenters. The van der Waals surface area contributed by atoms with Gasteiger partial charge < -0.3 is 9.15 Å². The van der Waals surface area contributed by atoms with Crippen LogP contribution in [0.15, 0.2) is 69.0 Å². The zero-order valence-electron chi connectivity index (χ0n) is 21.9. The van der Waals surface area contributed by atoms with Crippen LogP contribution in [0.2, 0.25) is 0 Å². The van der Waals surface area contributed by atoms with Crippen molar-refractivity contribution in [2.24, 2.45) is 5.10 Å². The van der Waals surface area contributed by atoms with Gasteiger partial charge in [-0.05, 0) is 48.5 Å². The molecule has 2 heterocycles. The number of ether oxygens (including phenoxy) is 1. The van der Waals surface area contributed by atoms with Gasteiger partial charge in [-0.2, -0.15) is 24.9 Å². The van der Waals surface area contributed by atoms with Crippen LogP contribution in [0.4, 0.5) is 11.0 Å². The number of nitriles is 2. The van der Waals surface area contributed by atoms with E-state index in [1.54, 1.807) is 18.2 Å². The first-order chi connectivity index (χ1) is 20.2. The zero-order chi connectivity index (χ0) is 30.3. The van der Waals surface area contributed by atoms with Crippen molar-refractivity contribution < 1.29 is 27.3 Å². The highest BCUT2D eigenvalue weighted by molar-refractivity contribution is 7.89. The molecule has 0 spiro atoms. The van der Waals surface area contributed by atoms with Gasteiger partial charge in [-0.1, -0.05) is 11.3 Å². The number of anilines is 1. The monoisotopic (exact) mass is 607 g/mol. The lowest BCUT2D eigenvalue weighted by atomic mass is 10.2. The van der Waals surface area contributed by atoms with Gasteiger partial charge in [-0.25, -0.2) is 13.4 Å². The van der Waals surface area contributed by atoms with Crippen LogP contribution in [0.25, 0.3) is 10.2 Å². The quantitative estimate of drug-likeness (QED) is 0.127. The number of furan rings is 1. The Bertz CT molecular complexity index is 1820. The maximum absolute atomic E-state index is 13.6. The molecule has 214 valence electrons. The number of benzene rings is 2. The van der Waals surface area contributed by atoms with E-state index in [0.717, 1.165) is 32.9 Å². The molecule has 0 radical (unpaired) electrons. The van der Waals surface area contributed by atoms with E-state index >= 15 is 0 Å². The van der Waals surface area contributed by atoms with Crippen LogP contribution in [0.3, 0.4) is 0 Å². The summed E-state index contributed by atoms with van der Waals surface area (Å²) in [7, 11) is -2.53. The van der Waals surface area contributed by atoms with Crippen LogP contribution < -0.4 is 9.75 Å². The second-order valence-electron chi connectivity index (χ2n) is 8.37. The lowest BCUT2D eigenvalue weighted by molar-refractivity contribution is -0.402. The van der Waals surface area contributed by atoms with Gasteiger partial charge in [0.2, 0.25) is 15.2 Å². The minimum atomic E-state index is -4.05. The predicted molar refractivity (Wildman–Crippen MR) is 152 cm³/mol. The number of carbonyl (C=O) groups is 1. The van der Waals surface area contributed by atoms with Gasteiger partial charge in [-0.15, -0.1) is 0 Å². The number of hydrogen-bond acceptors (Lipinski definition) is 12. The minimum absolute atomic E-state index is 0.0125. The third kappa shape index (κ3) is 6.58. The summed E-state index contributed by atoms with van der Waals surface area (Å²) >= 11 is 1.14. The number of fused-ring (bicyclic) bond motifs is 1. The van der Waals surface area contributed by atoms with Crippen LogP contribution in [0.1, 0.15) is 29.0 Å². The lowest BCUT2D eigenvalue weighted by Gasteiger charge is -2.20. The molecule has 0 aliphatic heterocycles. The molecule has 1 amide bonds. The van der Waals surface area contributed by atoms with Gasteiger partial charge >= 0.3 is 5.88 Å². The number of carbonyl (C=O) groups excluding carboxylic acids is 1. The number of nitro groups is 1. The van der Waals surface area contributed by atoms with Gasteiger partial charge in [0, 0.05) is 31.5 Å².